The lowest BCUT2D eigenvalue weighted by molar-refractivity contribution is -0.681. The second kappa shape index (κ2) is 20.5. The Kier molecular flexibility index (Phi) is 15.8. The quantitative estimate of drug-likeness (QED) is 0.0555. The lowest BCUT2D eigenvalue weighted by Crippen LogP contribution is -2.75. The number of alkyl halides is 24. The minimum absolute atomic E-state index is 0.103. The Balaban J connectivity index is 0.000000397. The van der Waals surface area contributed by atoms with Crippen LogP contribution in [0.5, 0.6) is 0 Å². The van der Waals surface area contributed by atoms with Crippen LogP contribution in [0.25, 0.3) is 10.8 Å². The zero-order chi connectivity index (χ0) is 57.9. The lowest BCUT2D eigenvalue weighted by Gasteiger charge is -2.46. The molecule has 28 heteroatoms. The largest absolute Gasteiger partial charge is 0.416 e. The van der Waals surface area contributed by atoms with Crippen LogP contribution < -0.4 is 26.4 Å². The van der Waals surface area contributed by atoms with E-state index in [9.17, 15) is 110 Å². The summed E-state index contributed by atoms with van der Waals surface area (Å²) in [5.74, 6) is 0.103. The molecule has 0 fully saturated rings. The third kappa shape index (κ3) is 13.5. The molecule has 0 atom stereocenters. The monoisotopic (exact) mass is 1140 g/mol. The molecule has 7 rings (SSSR count). The average Bonchev–Trinajstić information content (AvgIpc) is 3.30. The Morgan fingerprint density at radius 3 is 0.935 bits per heavy atom. The van der Waals surface area contributed by atoms with Crippen LogP contribution in [0.3, 0.4) is 0 Å². The predicted molar refractivity (Wildman–Crippen MR) is 232 cm³/mol. The summed E-state index contributed by atoms with van der Waals surface area (Å²) < 4.78 is 343. The van der Waals surface area contributed by atoms with Crippen LogP contribution in [0, 0.1) is 0 Å². The molecule has 0 aliphatic rings. The Morgan fingerprint density at radius 1 is 0.377 bits per heavy atom. The van der Waals surface area contributed by atoms with Gasteiger partial charge >= 0.3 is 49.4 Å². The van der Waals surface area contributed by atoms with Gasteiger partial charge in [-0.15, -0.1) is 12.6 Å². The van der Waals surface area contributed by atoms with Crippen molar-refractivity contribution in [1.29, 1.82) is 0 Å². The third-order valence-electron chi connectivity index (χ3n) is 11.7. The van der Waals surface area contributed by atoms with E-state index in [0.717, 1.165) is 21.2 Å². The molecule has 77 heavy (non-hydrogen) atoms. The van der Waals surface area contributed by atoms with Crippen molar-refractivity contribution in [2.24, 2.45) is 0 Å². The maximum absolute atomic E-state index is 14.2. The zero-order valence-electron chi connectivity index (χ0n) is 37.4. The molecule has 0 saturated carbocycles. The smallest absolute Gasteiger partial charge is 0.287 e. The van der Waals surface area contributed by atoms with Crippen molar-refractivity contribution in [2.75, 3.05) is 0 Å². The zero-order valence-corrected chi connectivity index (χ0v) is 38.3. The van der Waals surface area contributed by atoms with Crippen LogP contribution in [-0.2, 0) is 56.0 Å². The maximum Gasteiger partial charge on any atom is 0.416 e. The van der Waals surface area contributed by atoms with Gasteiger partial charge in [0.1, 0.15) is 6.15 Å². The molecule has 0 saturated heterocycles. The molecule has 0 N–H and O–H groups in total. The van der Waals surface area contributed by atoms with E-state index in [1.165, 1.54) is 0 Å². The topological polar surface area (TPSA) is 20.9 Å². The molecule has 6 aromatic carbocycles. The second-order valence-corrected chi connectivity index (χ2v) is 17.4. The number of aromatic nitrogens is 1. The highest BCUT2D eigenvalue weighted by Crippen LogP contribution is 2.41. The van der Waals surface area contributed by atoms with Crippen molar-refractivity contribution >= 4 is 57.2 Å². The van der Waals surface area contributed by atoms with E-state index in [1.54, 1.807) is 0 Å². The van der Waals surface area contributed by atoms with Gasteiger partial charge in [-0.3, -0.25) is 4.79 Å². The molecule has 0 unspecified atom stereocenters. The molecular weight excluding hydrogens is 1120 g/mol. The van der Waals surface area contributed by atoms with Crippen LogP contribution in [0.2, 0.25) is 0 Å². The summed E-state index contributed by atoms with van der Waals surface area (Å²) in [4.78, 5) is 13.1. The lowest BCUT2D eigenvalue weighted by atomic mass is 9.12. The van der Waals surface area contributed by atoms with E-state index in [2.05, 4.69) is 12.6 Å². The summed E-state index contributed by atoms with van der Waals surface area (Å²) in [7, 11) is 0. The molecule has 1 heterocycles. The molecule has 7 aromatic rings. The number of hydrogen-bond acceptors (Lipinski definition) is 2. The van der Waals surface area contributed by atoms with Crippen LogP contribution in [0.15, 0.2) is 145 Å². The fourth-order valence-corrected chi connectivity index (χ4v) is 8.56. The van der Waals surface area contributed by atoms with Crippen LogP contribution in [-0.4, -0.2) is 11.9 Å². The number of halogens is 24. The van der Waals surface area contributed by atoms with Gasteiger partial charge in [0.05, 0.1) is 49.9 Å². The van der Waals surface area contributed by atoms with Crippen molar-refractivity contribution in [3.63, 3.8) is 0 Å². The first kappa shape index (κ1) is 59.4. The van der Waals surface area contributed by atoms with Gasteiger partial charge < -0.3 is 0 Å². The Morgan fingerprint density at radius 2 is 0.662 bits per heavy atom. The number of fused-ring (bicyclic) bond motifs is 1. The second-order valence-electron chi connectivity index (χ2n) is 16.9. The van der Waals surface area contributed by atoms with Crippen LogP contribution >= 0.6 is 12.6 Å². The number of benzene rings is 6. The molecule has 0 aliphatic carbocycles. The summed E-state index contributed by atoms with van der Waals surface area (Å²) in [6.45, 7) is 0.335. The standard InChI is InChI=1S/C32H12BF24.C17H13NOS/c34-25(35,36)13-1-14(26(37,38)39)6-21(5-13)33(22-7-15(27(40,41)42)2-16(8-22)28(43,44)45,23-9-17(29(46,47)48)3-18(10-23)30(49,50)51)24-11-19(31(52,53)54)4-20(12-24)32(55,56)57;19-16(14-5-2-1-3-6-14)12-18-10-9-13-7-4-8-17(20)15(13)11-18/h1-12H;1-11H,12H2/q-1;/p+1. The van der Waals surface area contributed by atoms with E-state index in [0.29, 0.717) is 6.54 Å². The van der Waals surface area contributed by atoms with Gasteiger partial charge in [0.15, 0.2) is 12.4 Å². The van der Waals surface area contributed by atoms with Crippen molar-refractivity contribution in [1.82, 2.24) is 0 Å². The number of thiol groups is 1. The van der Waals surface area contributed by atoms with Gasteiger partial charge in [-0.05, 0) is 35.7 Å². The van der Waals surface area contributed by atoms with Crippen molar-refractivity contribution < 1.29 is 115 Å². The number of carbonyl (C=O) groups is 1. The summed E-state index contributed by atoms with van der Waals surface area (Å²) >= 11 is 4.46. The molecular formula is C49H26BF24NOS. The maximum atomic E-state index is 14.2. The first-order valence-corrected chi connectivity index (χ1v) is 21.5. The fourth-order valence-electron chi connectivity index (χ4n) is 8.29. The summed E-state index contributed by atoms with van der Waals surface area (Å²) in [5.41, 5.74) is -29.5. The highest BCUT2D eigenvalue weighted by Gasteiger charge is 2.47. The molecule has 0 radical (unpaired) electrons. The minimum atomic E-state index is -6.13. The molecule has 0 amide bonds. The highest BCUT2D eigenvalue weighted by atomic mass is 32.1. The number of nitrogens with zero attached hydrogens (tertiary/aromatic N) is 1. The van der Waals surface area contributed by atoms with E-state index in [4.69, 9.17) is 0 Å². The van der Waals surface area contributed by atoms with Gasteiger partial charge in [0, 0.05) is 16.5 Å². The number of Topliss-reactive ketones (excluding diaryl/α,β-unsaturated/α-hetero) is 1. The number of rotatable bonds is 7. The van der Waals surface area contributed by atoms with E-state index >= 15 is 0 Å². The van der Waals surface area contributed by atoms with E-state index in [-0.39, 0.29) is 5.78 Å². The summed E-state index contributed by atoms with van der Waals surface area (Å²) in [6.07, 6.45) is -50.9. The summed E-state index contributed by atoms with van der Waals surface area (Å²) in [6, 6.07) is 8.52. The highest BCUT2D eigenvalue weighted by molar-refractivity contribution is 7.80. The van der Waals surface area contributed by atoms with Crippen molar-refractivity contribution in [3.05, 3.63) is 190 Å². The minimum Gasteiger partial charge on any atom is -0.287 e. The molecule has 410 valence electrons. The third-order valence-corrected chi connectivity index (χ3v) is 12.1. The number of pyridine rings is 1. The number of carbonyl (C=O) groups excluding carboxylic acids is 1. The van der Waals surface area contributed by atoms with E-state index in [1.807, 2.05) is 71.6 Å². The number of ketones is 1. The number of hydrogen-bond donors (Lipinski definition) is 1. The van der Waals surface area contributed by atoms with Crippen LogP contribution in [0.4, 0.5) is 105 Å². The van der Waals surface area contributed by atoms with Gasteiger partial charge in [0.25, 0.3) is 0 Å². The van der Waals surface area contributed by atoms with E-state index < -0.39 is 195 Å². The van der Waals surface area contributed by atoms with Crippen molar-refractivity contribution in [3.8, 4) is 0 Å². The fraction of sp³-hybridized carbons (Fsp3) is 0.184. The molecule has 0 aliphatic heterocycles. The van der Waals surface area contributed by atoms with Gasteiger partial charge in [-0.2, -0.15) is 132 Å². The predicted octanol–water partition coefficient (Wildman–Crippen LogP) is 14.5. The molecule has 2 nitrogen and oxygen atoms in total. The molecule has 0 spiro atoms. The SMILES string of the molecule is FC(F)(F)c1cc([B-](c2cc(C(F)(F)F)cc(C(F)(F)F)c2)(c2cc(C(F)(F)F)cc(C(F)(F)F)c2)c2cc(C(F)(F)F)cc(C(F)(F)F)c2)cc(C(F)(F)F)c1.O=C(C[n+]1ccc2cccc(S)c2c1)c1ccccc1. The van der Waals surface area contributed by atoms with Gasteiger partial charge in [-0.25, -0.2) is 0 Å². The Hall–Kier alpha value is -6.87. The average molecular weight is 1140 g/mol. The normalized spacial score (nSPS) is 13.4. The molecule has 0 bridgehead atoms. The first-order chi connectivity index (χ1) is 35.0. The first-order valence-electron chi connectivity index (χ1n) is 21.0. The summed E-state index contributed by atoms with van der Waals surface area (Å²) in [5, 5.41) is 2.18. The van der Waals surface area contributed by atoms with Gasteiger partial charge in [-0.1, -0.05) is 91.0 Å². The Labute approximate surface area is 421 Å². The van der Waals surface area contributed by atoms with Gasteiger partial charge in [0.2, 0.25) is 12.3 Å². The van der Waals surface area contributed by atoms with Crippen molar-refractivity contribution in [2.45, 2.75) is 60.9 Å². The van der Waals surface area contributed by atoms with Crippen LogP contribution in [0.1, 0.15) is 54.9 Å². The Bertz CT molecular complexity index is 2870. The molecule has 1 aromatic heterocycles.